The molecule has 2 heterocycles. The Morgan fingerprint density at radius 2 is 2.19 bits per heavy atom. The van der Waals surface area contributed by atoms with Crippen LogP contribution in [0.3, 0.4) is 0 Å². The molecule has 1 aliphatic rings. The van der Waals surface area contributed by atoms with Gasteiger partial charge in [0.1, 0.15) is 6.54 Å². The zero-order chi connectivity index (χ0) is 15.4. The Hall–Kier alpha value is -2.18. The predicted molar refractivity (Wildman–Crippen MR) is 77.0 cm³/mol. The number of aromatic nitrogens is 1. The van der Waals surface area contributed by atoms with Crippen molar-refractivity contribution in [2.75, 3.05) is 6.54 Å². The molecule has 0 unspecified atom stereocenters. The van der Waals surface area contributed by atoms with Crippen molar-refractivity contribution in [1.29, 1.82) is 0 Å². The van der Waals surface area contributed by atoms with E-state index in [9.17, 15) is 19.7 Å². The van der Waals surface area contributed by atoms with E-state index in [-0.39, 0.29) is 24.2 Å². The van der Waals surface area contributed by atoms with Crippen LogP contribution in [-0.2, 0) is 11.3 Å². The molecule has 1 aliphatic heterocycles. The number of nitro groups is 1. The lowest BCUT2D eigenvalue weighted by Crippen LogP contribution is -2.45. The average molecular weight is 293 g/mol. The van der Waals surface area contributed by atoms with Gasteiger partial charge < -0.3 is 4.90 Å². The van der Waals surface area contributed by atoms with E-state index in [1.807, 2.05) is 6.92 Å². The van der Waals surface area contributed by atoms with Crippen molar-refractivity contribution in [2.24, 2.45) is 0 Å². The summed E-state index contributed by atoms with van der Waals surface area (Å²) in [6, 6.07) is 2.48. The number of rotatable bonds is 4. The van der Waals surface area contributed by atoms with Crippen LogP contribution in [0.1, 0.15) is 32.6 Å². The first kappa shape index (κ1) is 15.2. The van der Waals surface area contributed by atoms with E-state index in [1.54, 1.807) is 4.90 Å². The van der Waals surface area contributed by atoms with Gasteiger partial charge in [-0.05, 0) is 25.7 Å². The lowest BCUT2D eigenvalue weighted by atomic mass is 10.00. The van der Waals surface area contributed by atoms with Crippen molar-refractivity contribution in [2.45, 2.75) is 45.2 Å². The van der Waals surface area contributed by atoms with Gasteiger partial charge >= 0.3 is 0 Å². The Morgan fingerprint density at radius 1 is 1.43 bits per heavy atom. The molecular formula is C14H19N3O4. The maximum atomic E-state index is 12.4. The van der Waals surface area contributed by atoms with Gasteiger partial charge in [0.15, 0.2) is 0 Å². The fourth-order valence-electron chi connectivity index (χ4n) is 2.74. The van der Waals surface area contributed by atoms with Crippen molar-refractivity contribution < 1.29 is 9.72 Å². The van der Waals surface area contributed by atoms with Crippen LogP contribution < -0.4 is 5.56 Å². The number of amides is 1. The summed E-state index contributed by atoms with van der Waals surface area (Å²) >= 11 is 0. The number of pyridine rings is 1. The van der Waals surface area contributed by atoms with Crippen molar-refractivity contribution in [1.82, 2.24) is 9.47 Å². The Bertz CT molecular complexity index is 596. The highest BCUT2D eigenvalue weighted by Gasteiger charge is 2.25. The summed E-state index contributed by atoms with van der Waals surface area (Å²) in [7, 11) is 0. The topological polar surface area (TPSA) is 85.4 Å². The normalized spacial score (nSPS) is 18.5. The lowest BCUT2D eigenvalue weighted by molar-refractivity contribution is -0.385. The molecule has 1 fully saturated rings. The van der Waals surface area contributed by atoms with Gasteiger partial charge in [-0.25, -0.2) is 0 Å². The summed E-state index contributed by atoms with van der Waals surface area (Å²) in [5, 5.41) is 10.7. The first-order valence-corrected chi connectivity index (χ1v) is 7.17. The smallest absolute Gasteiger partial charge is 0.285 e. The number of carbonyl (C=O) groups excluding carboxylic acids is 1. The molecule has 1 saturated heterocycles. The van der Waals surface area contributed by atoms with Gasteiger partial charge in [0, 0.05) is 24.7 Å². The maximum Gasteiger partial charge on any atom is 0.285 e. The number of nitrogens with zero attached hydrogens (tertiary/aromatic N) is 3. The number of piperidine rings is 1. The molecular weight excluding hydrogens is 274 g/mol. The first-order chi connectivity index (χ1) is 10.0. The summed E-state index contributed by atoms with van der Waals surface area (Å²) in [5.74, 6) is -0.149. The minimum Gasteiger partial charge on any atom is -0.338 e. The number of hydrogen-bond acceptors (Lipinski definition) is 4. The van der Waals surface area contributed by atoms with Crippen molar-refractivity contribution in [3.8, 4) is 0 Å². The third-order valence-electron chi connectivity index (χ3n) is 3.90. The second kappa shape index (κ2) is 6.51. The second-order valence-corrected chi connectivity index (χ2v) is 5.26. The van der Waals surface area contributed by atoms with E-state index in [0.29, 0.717) is 6.54 Å². The quantitative estimate of drug-likeness (QED) is 0.622. The lowest BCUT2D eigenvalue weighted by Gasteiger charge is -2.35. The zero-order valence-electron chi connectivity index (χ0n) is 12.0. The Morgan fingerprint density at radius 3 is 2.86 bits per heavy atom. The summed E-state index contributed by atoms with van der Waals surface area (Å²) < 4.78 is 1.11. The summed E-state index contributed by atoms with van der Waals surface area (Å²) in [6.07, 6.45) is 5.07. The van der Waals surface area contributed by atoms with Crippen LogP contribution in [0.5, 0.6) is 0 Å². The molecule has 0 bridgehead atoms. The van der Waals surface area contributed by atoms with Gasteiger partial charge in [0.25, 0.3) is 11.2 Å². The van der Waals surface area contributed by atoms with Crippen molar-refractivity contribution >= 4 is 11.6 Å². The Labute approximate surface area is 122 Å². The molecule has 1 atom stereocenters. The molecule has 0 radical (unpaired) electrons. The Balaban J connectivity index is 2.17. The molecule has 2 rings (SSSR count). The molecule has 0 N–H and O–H groups in total. The van der Waals surface area contributed by atoms with Crippen LogP contribution in [0.4, 0.5) is 5.69 Å². The summed E-state index contributed by atoms with van der Waals surface area (Å²) in [5.41, 5.74) is -0.591. The average Bonchev–Trinajstić information content (AvgIpc) is 2.49. The van der Waals surface area contributed by atoms with Crippen LogP contribution in [0.15, 0.2) is 23.1 Å². The van der Waals surface area contributed by atoms with Crippen molar-refractivity contribution in [3.05, 3.63) is 38.8 Å². The molecule has 0 aromatic carbocycles. The van der Waals surface area contributed by atoms with Crippen LogP contribution in [0, 0.1) is 10.1 Å². The summed E-state index contributed by atoms with van der Waals surface area (Å²) in [6.45, 7) is 2.59. The summed E-state index contributed by atoms with van der Waals surface area (Å²) in [4.78, 5) is 36.1. The van der Waals surface area contributed by atoms with Gasteiger partial charge in [-0.1, -0.05) is 6.92 Å². The van der Waals surface area contributed by atoms with E-state index in [1.165, 1.54) is 0 Å². The minimum atomic E-state index is -0.573. The van der Waals surface area contributed by atoms with E-state index in [4.69, 9.17) is 0 Å². The van der Waals surface area contributed by atoms with Gasteiger partial charge in [-0.3, -0.25) is 24.3 Å². The fraction of sp³-hybridized carbons (Fsp3) is 0.571. The monoisotopic (exact) mass is 293 g/mol. The number of likely N-dealkylation sites (tertiary alicyclic amines) is 1. The molecule has 114 valence electrons. The number of carbonyl (C=O) groups is 1. The first-order valence-electron chi connectivity index (χ1n) is 7.17. The van der Waals surface area contributed by atoms with Crippen LogP contribution in [-0.4, -0.2) is 32.9 Å². The molecule has 0 aliphatic carbocycles. The largest absolute Gasteiger partial charge is 0.338 e. The fourth-order valence-corrected chi connectivity index (χ4v) is 2.74. The molecule has 1 aromatic rings. The predicted octanol–water partition coefficient (Wildman–Crippen LogP) is 1.55. The van der Waals surface area contributed by atoms with E-state index in [2.05, 4.69) is 0 Å². The van der Waals surface area contributed by atoms with Gasteiger partial charge in [-0.15, -0.1) is 0 Å². The minimum absolute atomic E-state index is 0.142. The molecule has 1 aromatic heterocycles. The SMILES string of the molecule is CC[C@H]1CCCCN1C(=O)Cn1cc([N+](=O)[O-])ccc1=O. The molecule has 7 nitrogen and oxygen atoms in total. The van der Waals surface area contributed by atoms with E-state index in [0.717, 1.165) is 48.6 Å². The highest BCUT2D eigenvalue weighted by Crippen LogP contribution is 2.19. The second-order valence-electron chi connectivity index (χ2n) is 5.26. The van der Waals surface area contributed by atoms with Crippen LogP contribution in [0.2, 0.25) is 0 Å². The highest BCUT2D eigenvalue weighted by molar-refractivity contribution is 5.76. The Kier molecular flexibility index (Phi) is 4.72. The molecule has 1 amide bonds. The molecule has 0 spiro atoms. The van der Waals surface area contributed by atoms with Crippen LogP contribution in [0.25, 0.3) is 0 Å². The molecule has 21 heavy (non-hydrogen) atoms. The van der Waals surface area contributed by atoms with Crippen molar-refractivity contribution in [3.63, 3.8) is 0 Å². The molecule has 7 heteroatoms. The molecule has 0 saturated carbocycles. The van der Waals surface area contributed by atoms with Gasteiger partial charge in [-0.2, -0.15) is 0 Å². The standard InChI is InChI=1S/C14H19N3O4/c1-2-11-5-3-4-8-16(11)14(19)10-15-9-12(17(20)21)6-7-13(15)18/h6-7,9,11H,2-5,8,10H2,1H3/t11-/m0/s1. The third kappa shape index (κ3) is 3.48. The van der Waals surface area contributed by atoms with Gasteiger partial charge in [0.2, 0.25) is 5.91 Å². The maximum absolute atomic E-state index is 12.4. The number of hydrogen-bond donors (Lipinski definition) is 0. The van der Waals surface area contributed by atoms with E-state index < -0.39 is 10.5 Å². The zero-order valence-corrected chi connectivity index (χ0v) is 12.0. The highest BCUT2D eigenvalue weighted by atomic mass is 16.6. The van der Waals surface area contributed by atoms with Crippen LogP contribution >= 0.6 is 0 Å². The third-order valence-corrected chi connectivity index (χ3v) is 3.90. The van der Waals surface area contributed by atoms with E-state index >= 15 is 0 Å². The van der Waals surface area contributed by atoms with Gasteiger partial charge in [0.05, 0.1) is 11.1 Å².